The van der Waals surface area contributed by atoms with Crippen LogP contribution in [0.5, 0.6) is 5.75 Å². The molecule has 0 aliphatic carbocycles. The number of nitrogens with zero attached hydrogens (tertiary/aromatic N) is 1. The molecule has 2 heterocycles. The average molecular weight is 377 g/mol. The van der Waals surface area contributed by atoms with Crippen LogP contribution in [0.15, 0.2) is 48.5 Å². The molecule has 27 heavy (non-hydrogen) atoms. The molecular formula is C21H22F3NO2. The molecule has 0 spiro atoms. The summed E-state index contributed by atoms with van der Waals surface area (Å²) >= 11 is 0. The number of benzene rings is 2. The summed E-state index contributed by atoms with van der Waals surface area (Å²) in [5.74, 6) is 0.922. The molecule has 2 aliphatic heterocycles. The maximum Gasteiger partial charge on any atom is 0.416 e. The third-order valence-electron chi connectivity index (χ3n) is 5.73. The first kappa shape index (κ1) is 18.3. The predicted molar refractivity (Wildman–Crippen MR) is 95.6 cm³/mol. The molecule has 2 aromatic rings. The van der Waals surface area contributed by atoms with Gasteiger partial charge < -0.3 is 9.84 Å². The number of fused-ring (bicyclic) bond motifs is 1. The lowest BCUT2D eigenvalue weighted by molar-refractivity contribution is -0.137. The zero-order valence-electron chi connectivity index (χ0n) is 14.9. The average Bonchev–Trinajstić information content (AvgIpc) is 2.68. The van der Waals surface area contributed by atoms with E-state index in [0.29, 0.717) is 38.1 Å². The molecule has 1 saturated heterocycles. The van der Waals surface area contributed by atoms with Gasteiger partial charge in [0.05, 0.1) is 11.2 Å². The Kier molecular flexibility index (Phi) is 4.64. The van der Waals surface area contributed by atoms with Crippen molar-refractivity contribution >= 4 is 0 Å². The van der Waals surface area contributed by atoms with Crippen LogP contribution in [0.2, 0.25) is 0 Å². The van der Waals surface area contributed by atoms with Gasteiger partial charge in [-0.15, -0.1) is 0 Å². The van der Waals surface area contributed by atoms with Gasteiger partial charge in [0.1, 0.15) is 12.4 Å². The van der Waals surface area contributed by atoms with Gasteiger partial charge >= 0.3 is 6.18 Å². The number of likely N-dealkylation sites (tertiary alicyclic amines) is 1. The van der Waals surface area contributed by atoms with Crippen molar-refractivity contribution in [1.29, 1.82) is 0 Å². The summed E-state index contributed by atoms with van der Waals surface area (Å²) in [5.41, 5.74) is -0.409. The van der Waals surface area contributed by atoms with Crippen LogP contribution in [0.3, 0.4) is 0 Å². The Labute approximate surface area is 156 Å². The molecular weight excluding hydrogens is 355 g/mol. The third kappa shape index (κ3) is 3.69. The van der Waals surface area contributed by atoms with Gasteiger partial charge in [0.15, 0.2) is 0 Å². The lowest BCUT2D eigenvalue weighted by atomic mass is 9.83. The lowest BCUT2D eigenvalue weighted by Crippen LogP contribution is -2.50. The summed E-state index contributed by atoms with van der Waals surface area (Å²) in [4.78, 5) is 2.28. The second-order valence-electron chi connectivity index (χ2n) is 7.42. The molecule has 0 amide bonds. The highest BCUT2D eigenvalue weighted by molar-refractivity contribution is 5.36. The molecule has 6 heteroatoms. The highest BCUT2D eigenvalue weighted by Crippen LogP contribution is 2.38. The van der Waals surface area contributed by atoms with Crippen molar-refractivity contribution in [3.8, 4) is 5.75 Å². The molecule has 1 atom stereocenters. The lowest BCUT2D eigenvalue weighted by Gasteiger charge is -2.43. The van der Waals surface area contributed by atoms with E-state index in [9.17, 15) is 18.3 Å². The summed E-state index contributed by atoms with van der Waals surface area (Å²) in [7, 11) is 0. The number of para-hydroxylation sites is 1. The predicted octanol–water partition coefficient (Wildman–Crippen LogP) is 3.99. The number of aliphatic hydroxyl groups is 1. The van der Waals surface area contributed by atoms with Gasteiger partial charge in [-0.1, -0.05) is 30.3 Å². The van der Waals surface area contributed by atoms with Gasteiger partial charge in [-0.25, -0.2) is 0 Å². The van der Waals surface area contributed by atoms with Gasteiger partial charge in [0.2, 0.25) is 0 Å². The molecule has 0 saturated carbocycles. The fourth-order valence-corrected chi connectivity index (χ4v) is 4.08. The van der Waals surface area contributed by atoms with Crippen LogP contribution in [0.4, 0.5) is 13.2 Å². The Morgan fingerprint density at radius 1 is 1.04 bits per heavy atom. The van der Waals surface area contributed by atoms with Gasteiger partial charge in [-0.2, -0.15) is 13.2 Å². The highest BCUT2D eigenvalue weighted by Gasteiger charge is 2.39. The number of hydrogen-bond acceptors (Lipinski definition) is 3. The van der Waals surface area contributed by atoms with Crippen molar-refractivity contribution in [2.24, 2.45) is 0 Å². The van der Waals surface area contributed by atoms with Crippen LogP contribution in [-0.4, -0.2) is 35.7 Å². The van der Waals surface area contributed by atoms with Crippen LogP contribution in [-0.2, 0) is 18.2 Å². The standard InChI is InChI=1S/C21H22F3NO2/c22-21(23,24)17-6-3-5-16(13-17)20(26)8-10-25(11-9-20)18-12-15-4-1-2-7-19(15)27-14-18/h1-7,13,18,26H,8-12,14H2. The van der Waals surface area contributed by atoms with E-state index in [2.05, 4.69) is 11.0 Å². The number of halogens is 3. The van der Waals surface area contributed by atoms with Gasteiger partial charge in [0.25, 0.3) is 0 Å². The molecule has 1 N–H and O–H groups in total. The molecule has 0 radical (unpaired) electrons. The van der Waals surface area contributed by atoms with E-state index in [1.165, 1.54) is 11.6 Å². The van der Waals surface area contributed by atoms with Crippen LogP contribution in [0.1, 0.15) is 29.5 Å². The largest absolute Gasteiger partial charge is 0.492 e. The Balaban J connectivity index is 1.44. The van der Waals surface area contributed by atoms with Crippen molar-refractivity contribution in [2.45, 2.75) is 37.1 Å². The van der Waals surface area contributed by atoms with E-state index < -0.39 is 17.3 Å². The maximum atomic E-state index is 13.0. The first-order valence-corrected chi connectivity index (χ1v) is 9.20. The Morgan fingerprint density at radius 3 is 2.52 bits per heavy atom. The van der Waals surface area contributed by atoms with Gasteiger partial charge in [0, 0.05) is 19.1 Å². The van der Waals surface area contributed by atoms with Crippen molar-refractivity contribution in [3.05, 3.63) is 65.2 Å². The summed E-state index contributed by atoms with van der Waals surface area (Å²) in [5, 5.41) is 11.0. The number of ether oxygens (including phenoxy) is 1. The second kappa shape index (κ2) is 6.84. The SMILES string of the molecule is OC1(c2cccc(C(F)(F)F)c2)CCN(C2COc3ccccc3C2)CC1. The monoisotopic (exact) mass is 377 g/mol. The van der Waals surface area contributed by atoms with Crippen molar-refractivity contribution < 1.29 is 23.0 Å². The fraction of sp³-hybridized carbons (Fsp3) is 0.429. The number of piperidine rings is 1. The Hall–Kier alpha value is -2.05. The highest BCUT2D eigenvalue weighted by atomic mass is 19.4. The van der Waals surface area contributed by atoms with Crippen LogP contribution >= 0.6 is 0 Å². The van der Waals surface area contributed by atoms with E-state index in [4.69, 9.17) is 4.74 Å². The molecule has 0 aromatic heterocycles. The quantitative estimate of drug-likeness (QED) is 0.859. The van der Waals surface area contributed by atoms with Crippen LogP contribution < -0.4 is 4.74 Å². The molecule has 2 aromatic carbocycles. The first-order valence-electron chi connectivity index (χ1n) is 9.20. The Bertz CT molecular complexity index is 813. The topological polar surface area (TPSA) is 32.7 Å². The molecule has 4 rings (SSSR count). The molecule has 2 aliphatic rings. The molecule has 144 valence electrons. The minimum atomic E-state index is -4.40. The second-order valence-corrected chi connectivity index (χ2v) is 7.42. The van der Waals surface area contributed by atoms with E-state index in [0.717, 1.165) is 24.3 Å². The van der Waals surface area contributed by atoms with Crippen molar-refractivity contribution in [3.63, 3.8) is 0 Å². The molecule has 1 fully saturated rings. The van der Waals surface area contributed by atoms with E-state index >= 15 is 0 Å². The first-order chi connectivity index (χ1) is 12.9. The minimum Gasteiger partial charge on any atom is -0.492 e. The number of hydrogen-bond donors (Lipinski definition) is 1. The minimum absolute atomic E-state index is 0.228. The normalized spacial score (nSPS) is 22.7. The summed E-state index contributed by atoms with van der Waals surface area (Å²) in [6, 6.07) is 13.3. The zero-order valence-corrected chi connectivity index (χ0v) is 14.9. The van der Waals surface area contributed by atoms with Crippen LogP contribution in [0.25, 0.3) is 0 Å². The molecule has 0 bridgehead atoms. The Morgan fingerprint density at radius 2 is 1.78 bits per heavy atom. The summed E-state index contributed by atoms with van der Waals surface area (Å²) in [6.45, 7) is 1.85. The fourth-order valence-electron chi connectivity index (χ4n) is 4.08. The van der Waals surface area contributed by atoms with Gasteiger partial charge in [-0.05, 0) is 48.6 Å². The van der Waals surface area contributed by atoms with Crippen molar-refractivity contribution in [1.82, 2.24) is 4.90 Å². The van der Waals surface area contributed by atoms with E-state index in [-0.39, 0.29) is 6.04 Å². The summed E-state index contributed by atoms with van der Waals surface area (Å²) < 4.78 is 44.8. The van der Waals surface area contributed by atoms with Crippen LogP contribution in [0, 0.1) is 0 Å². The zero-order chi connectivity index (χ0) is 19.1. The molecule has 1 unspecified atom stereocenters. The van der Waals surface area contributed by atoms with E-state index in [1.807, 2.05) is 18.2 Å². The summed E-state index contributed by atoms with van der Waals surface area (Å²) in [6.07, 6.45) is -2.70. The maximum absolute atomic E-state index is 13.0. The number of rotatable bonds is 2. The van der Waals surface area contributed by atoms with Gasteiger partial charge in [-0.3, -0.25) is 4.90 Å². The van der Waals surface area contributed by atoms with E-state index in [1.54, 1.807) is 6.07 Å². The molecule has 3 nitrogen and oxygen atoms in total. The smallest absolute Gasteiger partial charge is 0.416 e. The number of alkyl halides is 3. The third-order valence-corrected chi connectivity index (χ3v) is 5.73. The van der Waals surface area contributed by atoms with Crippen molar-refractivity contribution in [2.75, 3.05) is 19.7 Å².